The second-order valence-corrected chi connectivity index (χ2v) is 12.5. The van der Waals surface area contributed by atoms with Crippen molar-refractivity contribution in [3.8, 4) is 11.3 Å². The van der Waals surface area contributed by atoms with Crippen LogP contribution in [0.2, 0.25) is 5.02 Å². The van der Waals surface area contributed by atoms with Gasteiger partial charge in [-0.15, -0.1) is 0 Å². The maximum atomic E-state index is 13.3. The minimum absolute atomic E-state index is 0.102. The van der Waals surface area contributed by atoms with Crippen molar-refractivity contribution in [2.75, 3.05) is 18.4 Å². The van der Waals surface area contributed by atoms with Gasteiger partial charge in [0.2, 0.25) is 10.0 Å². The van der Waals surface area contributed by atoms with Gasteiger partial charge in [-0.1, -0.05) is 29.8 Å². The monoisotopic (exact) mass is 681 g/mol. The average molecular weight is 683 g/mol. The lowest BCUT2D eigenvalue weighted by Gasteiger charge is -2.32. The van der Waals surface area contributed by atoms with Gasteiger partial charge in [0.25, 0.3) is 0 Å². The molecule has 2 aromatic carbocycles. The fourth-order valence-corrected chi connectivity index (χ4v) is 6.64. The minimum Gasteiger partial charge on any atom is -0.367 e. The van der Waals surface area contributed by atoms with E-state index < -0.39 is 38.4 Å². The maximum absolute atomic E-state index is 13.3. The average Bonchev–Trinajstić information content (AvgIpc) is 3.29. The number of aromatic nitrogens is 3. The molecule has 0 atom stereocenters. The van der Waals surface area contributed by atoms with Crippen LogP contribution in [-0.2, 0) is 22.4 Å². The lowest BCUT2D eigenvalue weighted by Crippen LogP contribution is -2.42. The number of nitrogens with zero attached hydrogens (tertiary/aromatic N) is 4. The Morgan fingerprint density at radius 2 is 1.56 bits per heavy atom. The number of nitrogens with one attached hydrogen (secondary N) is 1. The molecule has 0 aliphatic carbocycles. The first-order valence-corrected chi connectivity index (χ1v) is 14.6. The highest BCUT2D eigenvalue weighted by Crippen LogP contribution is 2.38. The number of alkyl halides is 6. The van der Waals surface area contributed by atoms with Crippen molar-refractivity contribution in [2.45, 2.75) is 36.1 Å². The first-order valence-electron chi connectivity index (χ1n) is 12.0. The van der Waals surface area contributed by atoms with Crippen molar-refractivity contribution in [2.24, 2.45) is 0 Å². The Morgan fingerprint density at radius 3 is 2.15 bits per heavy atom. The van der Waals surface area contributed by atoms with E-state index in [1.165, 1.54) is 0 Å². The van der Waals surface area contributed by atoms with E-state index in [0.717, 1.165) is 4.31 Å². The molecule has 0 spiro atoms. The van der Waals surface area contributed by atoms with Crippen LogP contribution >= 0.6 is 27.5 Å². The number of benzene rings is 2. The number of anilines is 1. The second kappa shape index (κ2) is 10.7. The zero-order chi connectivity index (χ0) is 29.7. The Morgan fingerprint density at radius 1 is 0.951 bits per heavy atom. The van der Waals surface area contributed by atoms with Gasteiger partial charge in [-0.2, -0.15) is 40.3 Å². The number of halogens is 8. The van der Waals surface area contributed by atoms with Crippen molar-refractivity contribution < 1.29 is 34.8 Å². The predicted molar refractivity (Wildman–Crippen MR) is 143 cm³/mol. The summed E-state index contributed by atoms with van der Waals surface area (Å²) < 4.78 is 109. The van der Waals surface area contributed by atoms with Gasteiger partial charge < -0.3 is 5.32 Å². The van der Waals surface area contributed by atoms with Crippen LogP contribution in [-0.4, -0.2) is 46.5 Å². The Bertz CT molecular complexity index is 1690. The summed E-state index contributed by atoms with van der Waals surface area (Å²) in [7, 11) is -4.65. The van der Waals surface area contributed by atoms with Crippen LogP contribution in [0.3, 0.4) is 0 Å². The standard InChI is InChI=1S/C25H19BrClF6N5O2S/c26-19-13-34-38-22(12-21(36-23(19)38)18-3-1-2-4-20(18)27)35-16-5-7-37(8-6-16)41(39,40)17-10-14(24(28,29)30)9-15(11-17)25(31,32)33/h1-4,9-13,16,35H,5-8H2. The highest BCUT2D eigenvalue weighted by Gasteiger charge is 2.39. The molecule has 41 heavy (non-hydrogen) atoms. The third-order valence-corrected chi connectivity index (χ3v) is 9.35. The van der Waals surface area contributed by atoms with E-state index in [1.807, 2.05) is 6.07 Å². The van der Waals surface area contributed by atoms with Crippen LogP contribution in [0.5, 0.6) is 0 Å². The normalized spacial score (nSPS) is 15.9. The number of fused-ring (bicyclic) bond motifs is 1. The molecule has 0 unspecified atom stereocenters. The van der Waals surface area contributed by atoms with E-state index in [2.05, 4.69) is 31.3 Å². The second-order valence-electron chi connectivity index (χ2n) is 9.30. The molecule has 1 aliphatic heterocycles. The van der Waals surface area contributed by atoms with Gasteiger partial charge in [0.05, 0.1) is 32.4 Å². The summed E-state index contributed by atoms with van der Waals surface area (Å²) in [6.07, 6.45) is -8.33. The topological polar surface area (TPSA) is 79.6 Å². The fraction of sp³-hybridized carbons (Fsp3) is 0.280. The molecule has 5 rings (SSSR count). The predicted octanol–water partition coefficient (Wildman–Crippen LogP) is 7.12. The van der Waals surface area contributed by atoms with Gasteiger partial charge >= 0.3 is 12.4 Å². The van der Waals surface area contributed by atoms with Gasteiger partial charge in [0, 0.05) is 35.8 Å². The molecule has 1 saturated heterocycles. The quantitative estimate of drug-likeness (QED) is 0.227. The first kappa shape index (κ1) is 29.6. The summed E-state index contributed by atoms with van der Waals surface area (Å²) in [5.41, 5.74) is -1.66. The number of sulfonamides is 1. The van der Waals surface area contributed by atoms with Crippen LogP contribution in [0.25, 0.3) is 16.9 Å². The van der Waals surface area contributed by atoms with Crippen molar-refractivity contribution in [1.29, 1.82) is 0 Å². The lowest BCUT2D eigenvalue weighted by atomic mass is 10.1. The highest BCUT2D eigenvalue weighted by molar-refractivity contribution is 9.10. The molecule has 0 radical (unpaired) electrons. The summed E-state index contributed by atoms with van der Waals surface area (Å²) in [6.45, 7) is -0.266. The van der Waals surface area contributed by atoms with Crippen molar-refractivity contribution >= 4 is 49.0 Å². The van der Waals surface area contributed by atoms with Crippen LogP contribution in [0.15, 0.2) is 64.1 Å². The van der Waals surface area contributed by atoms with Gasteiger partial charge in [-0.05, 0) is 53.0 Å². The van der Waals surface area contributed by atoms with E-state index in [0.29, 0.717) is 32.2 Å². The van der Waals surface area contributed by atoms with Crippen molar-refractivity contribution in [1.82, 2.24) is 18.9 Å². The van der Waals surface area contributed by atoms with E-state index in [-0.39, 0.29) is 50.2 Å². The molecule has 218 valence electrons. The van der Waals surface area contributed by atoms with Gasteiger partial charge in [0.1, 0.15) is 5.82 Å². The summed E-state index contributed by atoms with van der Waals surface area (Å²) >= 11 is 9.78. The molecule has 0 amide bonds. The number of hydrogen-bond donors (Lipinski definition) is 1. The van der Waals surface area contributed by atoms with Gasteiger partial charge in [0.15, 0.2) is 5.65 Å². The summed E-state index contributed by atoms with van der Waals surface area (Å²) in [4.78, 5) is 3.57. The summed E-state index contributed by atoms with van der Waals surface area (Å²) in [6, 6.07) is 8.92. The third-order valence-electron chi connectivity index (χ3n) is 6.58. The Labute approximate surface area is 243 Å². The molecule has 7 nitrogen and oxygen atoms in total. The van der Waals surface area contributed by atoms with Gasteiger partial charge in [-0.25, -0.2) is 13.4 Å². The Kier molecular flexibility index (Phi) is 7.76. The molecule has 4 aromatic rings. The number of piperidine rings is 1. The van der Waals surface area contributed by atoms with Crippen LogP contribution in [0, 0.1) is 0 Å². The molecule has 0 bridgehead atoms. The summed E-state index contributed by atoms with van der Waals surface area (Å²) in [5.74, 6) is 0.532. The molecule has 1 N–H and O–H groups in total. The van der Waals surface area contributed by atoms with Crippen molar-refractivity contribution in [3.63, 3.8) is 0 Å². The molecular formula is C25H19BrClF6N5O2S. The molecule has 16 heteroatoms. The smallest absolute Gasteiger partial charge is 0.367 e. The molecule has 3 heterocycles. The van der Waals surface area contributed by atoms with E-state index in [1.54, 1.807) is 35.0 Å². The fourth-order valence-electron chi connectivity index (χ4n) is 4.52. The van der Waals surface area contributed by atoms with Crippen molar-refractivity contribution in [3.05, 3.63) is 75.4 Å². The first-order chi connectivity index (χ1) is 19.1. The highest BCUT2D eigenvalue weighted by atomic mass is 79.9. The van der Waals surface area contributed by atoms with Crippen LogP contribution in [0.4, 0.5) is 32.2 Å². The summed E-state index contributed by atoms with van der Waals surface area (Å²) in [5, 5.41) is 8.11. The van der Waals surface area contributed by atoms with E-state index >= 15 is 0 Å². The molecular weight excluding hydrogens is 664 g/mol. The van der Waals surface area contributed by atoms with Crippen LogP contribution in [0.1, 0.15) is 24.0 Å². The molecule has 1 aliphatic rings. The molecule has 0 saturated carbocycles. The maximum Gasteiger partial charge on any atom is 0.416 e. The molecule has 2 aromatic heterocycles. The minimum atomic E-state index is -5.16. The SMILES string of the molecule is O=S(=O)(c1cc(C(F)(F)F)cc(C(F)(F)F)c1)N1CCC(Nc2cc(-c3ccccc3Cl)nc3c(Br)cnn23)CC1. The van der Waals surface area contributed by atoms with Crippen LogP contribution < -0.4 is 5.32 Å². The van der Waals surface area contributed by atoms with E-state index in [9.17, 15) is 34.8 Å². The Hall–Kier alpha value is -2.88. The van der Waals surface area contributed by atoms with Gasteiger partial charge in [-0.3, -0.25) is 0 Å². The lowest BCUT2D eigenvalue weighted by molar-refractivity contribution is -0.143. The number of hydrogen-bond acceptors (Lipinski definition) is 5. The number of rotatable bonds is 5. The zero-order valence-corrected chi connectivity index (χ0v) is 23.8. The van der Waals surface area contributed by atoms with E-state index in [4.69, 9.17) is 11.6 Å². The molecule has 1 fully saturated rings. The zero-order valence-electron chi connectivity index (χ0n) is 20.6. The third kappa shape index (κ3) is 6.03. The Balaban J connectivity index is 1.39. The largest absolute Gasteiger partial charge is 0.416 e.